The van der Waals surface area contributed by atoms with Crippen molar-refractivity contribution in [3.63, 3.8) is 0 Å². The van der Waals surface area contributed by atoms with Gasteiger partial charge in [0.2, 0.25) is 5.91 Å². The number of halogens is 1. The molecule has 2 N–H and O–H groups in total. The van der Waals surface area contributed by atoms with Crippen molar-refractivity contribution in [2.75, 3.05) is 13.7 Å². The molecule has 2 atom stereocenters. The first-order chi connectivity index (χ1) is 10.2. The van der Waals surface area contributed by atoms with E-state index in [4.69, 9.17) is 16.3 Å². The third-order valence-corrected chi connectivity index (χ3v) is 4.50. The average Bonchev–Trinajstić information content (AvgIpc) is 2.53. The highest BCUT2D eigenvalue weighted by Gasteiger charge is 2.25. The van der Waals surface area contributed by atoms with E-state index in [0.29, 0.717) is 23.2 Å². The third-order valence-electron chi connectivity index (χ3n) is 4.14. The van der Waals surface area contributed by atoms with E-state index in [9.17, 15) is 4.79 Å². The van der Waals surface area contributed by atoms with Gasteiger partial charge in [-0.2, -0.15) is 0 Å². The van der Waals surface area contributed by atoms with Crippen molar-refractivity contribution in [3.8, 4) is 5.75 Å². The second kappa shape index (κ2) is 7.66. The minimum atomic E-state index is -0.0998. The van der Waals surface area contributed by atoms with Crippen LogP contribution >= 0.6 is 11.6 Å². The van der Waals surface area contributed by atoms with Gasteiger partial charge in [-0.15, -0.1) is 0 Å². The molecule has 0 aromatic heterocycles. The largest absolute Gasteiger partial charge is 0.496 e. The van der Waals surface area contributed by atoms with Crippen LogP contribution in [0.3, 0.4) is 0 Å². The van der Waals surface area contributed by atoms with E-state index in [1.54, 1.807) is 13.2 Å². The Labute approximate surface area is 131 Å². The maximum absolute atomic E-state index is 12.3. The Bertz CT molecular complexity index is 493. The maximum atomic E-state index is 12.3. The summed E-state index contributed by atoms with van der Waals surface area (Å²) in [6.45, 7) is 3.47. The van der Waals surface area contributed by atoms with Gasteiger partial charge in [0.25, 0.3) is 0 Å². The first-order valence-corrected chi connectivity index (χ1v) is 7.86. The van der Waals surface area contributed by atoms with Crippen molar-refractivity contribution in [3.05, 3.63) is 28.8 Å². The minimum Gasteiger partial charge on any atom is -0.496 e. The van der Waals surface area contributed by atoms with E-state index in [2.05, 4.69) is 17.6 Å². The summed E-state index contributed by atoms with van der Waals surface area (Å²) >= 11 is 6.18. The smallest absolute Gasteiger partial charge is 0.237 e. The number of rotatable bonds is 5. The molecule has 1 aliphatic rings. The zero-order chi connectivity index (χ0) is 15.2. The number of amides is 1. The summed E-state index contributed by atoms with van der Waals surface area (Å²) in [4.78, 5) is 12.3. The number of carbonyl (C=O) groups is 1. The molecule has 116 valence electrons. The Morgan fingerprint density at radius 1 is 1.52 bits per heavy atom. The maximum Gasteiger partial charge on any atom is 0.237 e. The van der Waals surface area contributed by atoms with Gasteiger partial charge in [-0.3, -0.25) is 4.79 Å². The summed E-state index contributed by atoms with van der Waals surface area (Å²) in [5, 5.41) is 6.86. The Morgan fingerprint density at radius 2 is 2.33 bits per heavy atom. The quantitative estimate of drug-likeness (QED) is 0.879. The molecule has 0 spiro atoms. The second-order valence-electron chi connectivity index (χ2n) is 5.44. The predicted octanol–water partition coefficient (Wildman–Crippen LogP) is 2.74. The third kappa shape index (κ3) is 4.11. The molecule has 21 heavy (non-hydrogen) atoms. The molecule has 0 radical (unpaired) electrons. The van der Waals surface area contributed by atoms with Gasteiger partial charge in [-0.25, -0.2) is 0 Å². The summed E-state index contributed by atoms with van der Waals surface area (Å²) in [5.74, 6) is 1.37. The number of carbonyl (C=O) groups excluding carboxylic acids is 1. The molecule has 2 rings (SSSR count). The zero-order valence-electron chi connectivity index (χ0n) is 12.6. The highest BCUT2D eigenvalue weighted by atomic mass is 35.5. The fourth-order valence-electron chi connectivity index (χ4n) is 2.77. The topological polar surface area (TPSA) is 50.4 Å². The first-order valence-electron chi connectivity index (χ1n) is 7.48. The van der Waals surface area contributed by atoms with E-state index >= 15 is 0 Å². The lowest BCUT2D eigenvalue weighted by molar-refractivity contribution is -0.124. The van der Waals surface area contributed by atoms with Crippen LogP contribution in [-0.4, -0.2) is 25.6 Å². The summed E-state index contributed by atoms with van der Waals surface area (Å²) < 4.78 is 5.29. The van der Waals surface area contributed by atoms with Crippen molar-refractivity contribution in [2.24, 2.45) is 5.92 Å². The lowest BCUT2D eigenvalue weighted by atomic mass is 9.90. The molecule has 1 aromatic rings. The van der Waals surface area contributed by atoms with Crippen LogP contribution in [0.25, 0.3) is 0 Å². The molecular weight excluding hydrogens is 288 g/mol. The van der Waals surface area contributed by atoms with Gasteiger partial charge in [0.1, 0.15) is 5.75 Å². The molecule has 0 bridgehead atoms. The Balaban J connectivity index is 1.95. The van der Waals surface area contributed by atoms with Crippen molar-refractivity contribution in [1.29, 1.82) is 0 Å². The molecule has 1 saturated heterocycles. The fraction of sp³-hybridized carbons (Fsp3) is 0.562. The SMILES string of the molecule is CCC1CCNC(C(=O)NCc2c(Cl)cccc2OC)C1. The van der Waals surface area contributed by atoms with Crippen LogP contribution in [-0.2, 0) is 11.3 Å². The molecule has 4 nitrogen and oxygen atoms in total. The first kappa shape index (κ1) is 16.1. The number of hydrogen-bond donors (Lipinski definition) is 2. The molecule has 1 fully saturated rings. The summed E-state index contributed by atoms with van der Waals surface area (Å²) in [6.07, 6.45) is 3.18. The zero-order valence-corrected chi connectivity index (χ0v) is 13.4. The van der Waals surface area contributed by atoms with Crippen LogP contribution in [0.2, 0.25) is 5.02 Å². The highest BCUT2D eigenvalue weighted by molar-refractivity contribution is 6.31. The Morgan fingerprint density at radius 3 is 3.05 bits per heavy atom. The molecule has 0 aliphatic carbocycles. The molecule has 0 saturated carbocycles. The standard InChI is InChI=1S/C16H23ClN2O2/c1-3-11-7-8-18-14(9-11)16(20)19-10-12-13(17)5-4-6-15(12)21-2/h4-6,11,14,18H,3,7-10H2,1-2H3,(H,19,20). The normalized spacial score (nSPS) is 21.9. The number of hydrogen-bond acceptors (Lipinski definition) is 3. The minimum absolute atomic E-state index is 0.0372. The summed E-state index contributed by atoms with van der Waals surface area (Å²) in [6, 6.07) is 5.38. The number of benzene rings is 1. The summed E-state index contributed by atoms with van der Waals surface area (Å²) in [5.41, 5.74) is 0.817. The van der Waals surface area contributed by atoms with Gasteiger partial charge < -0.3 is 15.4 Å². The van der Waals surface area contributed by atoms with Crippen molar-refractivity contribution < 1.29 is 9.53 Å². The van der Waals surface area contributed by atoms with E-state index in [1.807, 2.05) is 12.1 Å². The van der Waals surface area contributed by atoms with Crippen molar-refractivity contribution in [1.82, 2.24) is 10.6 Å². The van der Waals surface area contributed by atoms with Crippen LogP contribution in [0, 0.1) is 5.92 Å². The van der Waals surface area contributed by atoms with Gasteiger partial charge in [-0.1, -0.05) is 31.0 Å². The molecule has 2 unspecified atom stereocenters. The Kier molecular flexibility index (Phi) is 5.88. The number of piperidine rings is 1. The molecule has 1 heterocycles. The van der Waals surface area contributed by atoms with Crippen LogP contribution < -0.4 is 15.4 Å². The van der Waals surface area contributed by atoms with Crippen molar-refractivity contribution >= 4 is 17.5 Å². The number of nitrogens with one attached hydrogen (secondary N) is 2. The number of methoxy groups -OCH3 is 1. The van der Waals surface area contributed by atoms with E-state index in [0.717, 1.165) is 31.4 Å². The monoisotopic (exact) mass is 310 g/mol. The van der Waals surface area contributed by atoms with Crippen LogP contribution in [0.4, 0.5) is 0 Å². The molecular formula is C16H23ClN2O2. The van der Waals surface area contributed by atoms with Crippen LogP contribution in [0.1, 0.15) is 31.7 Å². The molecule has 5 heteroatoms. The van der Waals surface area contributed by atoms with Crippen molar-refractivity contribution in [2.45, 2.75) is 38.8 Å². The molecule has 1 aromatic carbocycles. The van der Waals surface area contributed by atoms with E-state index < -0.39 is 0 Å². The summed E-state index contributed by atoms with van der Waals surface area (Å²) in [7, 11) is 1.60. The van der Waals surface area contributed by atoms with Gasteiger partial charge in [0.15, 0.2) is 0 Å². The van der Waals surface area contributed by atoms with Gasteiger partial charge in [-0.05, 0) is 37.4 Å². The van der Waals surface area contributed by atoms with E-state index in [-0.39, 0.29) is 11.9 Å². The average molecular weight is 311 g/mol. The lowest BCUT2D eigenvalue weighted by Crippen LogP contribution is -2.48. The number of ether oxygens (including phenoxy) is 1. The second-order valence-corrected chi connectivity index (χ2v) is 5.85. The van der Waals surface area contributed by atoms with E-state index in [1.165, 1.54) is 0 Å². The lowest BCUT2D eigenvalue weighted by Gasteiger charge is -2.29. The van der Waals surface area contributed by atoms with Crippen LogP contribution in [0.15, 0.2) is 18.2 Å². The van der Waals surface area contributed by atoms with Crippen LogP contribution in [0.5, 0.6) is 5.75 Å². The molecule has 1 aliphatic heterocycles. The van der Waals surface area contributed by atoms with Gasteiger partial charge in [0, 0.05) is 17.1 Å². The fourth-order valence-corrected chi connectivity index (χ4v) is 3.00. The highest BCUT2D eigenvalue weighted by Crippen LogP contribution is 2.26. The van der Waals surface area contributed by atoms with Gasteiger partial charge >= 0.3 is 0 Å². The molecule has 1 amide bonds. The van der Waals surface area contributed by atoms with Gasteiger partial charge in [0.05, 0.1) is 13.2 Å². The predicted molar refractivity (Wildman–Crippen MR) is 84.7 cm³/mol. The Hall–Kier alpha value is -1.26.